The van der Waals surface area contributed by atoms with Crippen LogP contribution in [-0.2, 0) is 4.74 Å². The number of hydrogen-bond acceptors (Lipinski definition) is 6. The molecule has 1 N–H and O–H groups in total. The lowest BCUT2D eigenvalue weighted by Gasteiger charge is -2.34. The maximum Gasteiger partial charge on any atom is 0.253 e. The van der Waals surface area contributed by atoms with Crippen molar-refractivity contribution in [2.75, 3.05) is 26.3 Å². The fraction of sp³-hybridized carbons (Fsp3) is 0.545. The lowest BCUT2D eigenvalue weighted by molar-refractivity contribution is 0.0211. The van der Waals surface area contributed by atoms with Crippen molar-refractivity contribution in [3.63, 3.8) is 0 Å². The second kappa shape index (κ2) is 7.92. The molecule has 1 saturated carbocycles. The fourth-order valence-electron chi connectivity index (χ4n) is 4.87. The van der Waals surface area contributed by atoms with Gasteiger partial charge >= 0.3 is 0 Å². The van der Waals surface area contributed by atoms with Gasteiger partial charge in [-0.05, 0) is 59.7 Å². The number of pyridine rings is 1. The minimum absolute atomic E-state index is 0.0753. The van der Waals surface area contributed by atoms with Gasteiger partial charge in [-0.1, -0.05) is 25.0 Å². The first kappa shape index (κ1) is 19.4. The zero-order chi connectivity index (χ0) is 20.7. The van der Waals surface area contributed by atoms with Gasteiger partial charge in [0, 0.05) is 18.7 Å². The molecule has 8 heteroatoms. The largest absolute Gasteiger partial charge is 0.379 e. The SMILES string of the molecule is Cc1ccc2cc([C@@H](c3nnnn3C3CCCC3)N3CCOCC3)c(=O)[nH]c2c1C. The summed E-state index contributed by atoms with van der Waals surface area (Å²) in [5, 5.41) is 13.8. The van der Waals surface area contributed by atoms with Gasteiger partial charge in [0.1, 0.15) is 6.04 Å². The lowest BCUT2D eigenvalue weighted by Crippen LogP contribution is -2.42. The summed E-state index contributed by atoms with van der Waals surface area (Å²) in [6.45, 7) is 6.89. The molecule has 0 unspecified atom stereocenters. The number of nitrogens with zero attached hydrogens (tertiary/aromatic N) is 5. The van der Waals surface area contributed by atoms with Gasteiger partial charge in [0.25, 0.3) is 5.56 Å². The van der Waals surface area contributed by atoms with E-state index in [1.54, 1.807) is 0 Å². The van der Waals surface area contributed by atoms with E-state index in [0.29, 0.717) is 24.8 Å². The van der Waals surface area contributed by atoms with Crippen molar-refractivity contribution in [3.8, 4) is 0 Å². The number of benzene rings is 1. The molecule has 0 radical (unpaired) electrons. The molecule has 0 amide bonds. The van der Waals surface area contributed by atoms with E-state index < -0.39 is 0 Å². The van der Waals surface area contributed by atoms with Crippen molar-refractivity contribution < 1.29 is 4.74 Å². The summed E-state index contributed by atoms with van der Waals surface area (Å²) in [6, 6.07) is 6.22. The highest BCUT2D eigenvalue weighted by Crippen LogP contribution is 2.34. The quantitative estimate of drug-likeness (QED) is 0.714. The Morgan fingerprint density at radius 2 is 1.93 bits per heavy atom. The van der Waals surface area contributed by atoms with Crippen molar-refractivity contribution in [3.05, 3.63) is 51.1 Å². The van der Waals surface area contributed by atoms with Crippen LogP contribution in [0, 0.1) is 13.8 Å². The number of tetrazole rings is 1. The monoisotopic (exact) mass is 408 g/mol. The van der Waals surface area contributed by atoms with Crippen LogP contribution in [0.3, 0.4) is 0 Å². The summed E-state index contributed by atoms with van der Waals surface area (Å²) in [4.78, 5) is 18.7. The van der Waals surface area contributed by atoms with Gasteiger partial charge in [-0.25, -0.2) is 4.68 Å². The molecule has 158 valence electrons. The first-order valence-corrected chi connectivity index (χ1v) is 10.9. The number of H-pyrrole nitrogens is 1. The van der Waals surface area contributed by atoms with Crippen molar-refractivity contribution in [1.82, 2.24) is 30.1 Å². The summed E-state index contributed by atoms with van der Waals surface area (Å²) in [6.07, 6.45) is 4.56. The fourth-order valence-corrected chi connectivity index (χ4v) is 4.87. The number of rotatable bonds is 4. The minimum atomic E-state index is -0.292. The second-order valence-corrected chi connectivity index (χ2v) is 8.50. The normalized spacial score (nSPS) is 19.5. The molecule has 3 aromatic rings. The third-order valence-electron chi connectivity index (χ3n) is 6.72. The van der Waals surface area contributed by atoms with E-state index >= 15 is 0 Å². The van der Waals surface area contributed by atoms with Crippen LogP contribution in [0.4, 0.5) is 0 Å². The van der Waals surface area contributed by atoms with E-state index in [2.05, 4.69) is 44.5 Å². The molecule has 0 spiro atoms. The highest BCUT2D eigenvalue weighted by Gasteiger charge is 2.33. The minimum Gasteiger partial charge on any atom is -0.379 e. The number of morpholine rings is 1. The Kier molecular flexibility index (Phi) is 5.12. The number of hydrogen-bond donors (Lipinski definition) is 1. The zero-order valence-corrected chi connectivity index (χ0v) is 17.6. The van der Waals surface area contributed by atoms with Gasteiger partial charge in [0.15, 0.2) is 5.82 Å². The third-order valence-corrected chi connectivity index (χ3v) is 6.72. The summed E-state index contributed by atoms with van der Waals surface area (Å²) >= 11 is 0. The van der Waals surface area contributed by atoms with Crippen LogP contribution >= 0.6 is 0 Å². The first-order chi connectivity index (χ1) is 14.6. The number of nitrogens with one attached hydrogen (secondary N) is 1. The average molecular weight is 409 g/mol. The van der Waals surface area contributed by atoms with Crippen LogP contribution in [0.15, 0.2) is 23.0 Å². The standard InChI is InChI=1S/C22H28N6O2/c1-14-7-8-16-13-18(22(29)23-19(16)15(14)2)20(27-9-11-30-12-10-27)21-24-25-26-28(21)17-5-3-4-6-17/h7-8,13,17,20H,3-6,9-12H2,1-2H3,(H,23,29)/t20-/m0/s1. The molecule has 1 aliphatic carbocycles. The zero-order valence-electron chi connectivity index (χ0n) is 17.6. The summed E-state index contributed by atoms with van der Waals surface area (Å²) in [5.74, 6) is 0.762. The average Bonchev–Trinajstić information content (AvgIpc) is 3.45. The predicted molar refractivity (Wildman–Crippen MR) is 114 cm³/mol. The van der Waals surface area contributed by atoms with Gasteiger partial charge in [0.05, 0.1) is 24.8 Å². The first-order valence-electron chi connectivity index (χ1n) is 10.9. The van der Waals surface area contributed by atoms with Gasteiger partial charge in [0.2, 0.25) is 0 Å². The van der Waals surface area contributed by atoms with Crippen LogP contribution in [0.5, 0.6) is 0 Å². The Labute approximate surface area is 175 Å². The van der Waals surface area contributed by atoms with Gasteiger partial charge in [-0.3, -0.25) is 9.69 Å². The molecule has 30 heavy (non-hydrogen) atoms. The number of ether oxygens (including phenoxy) is 1. The molecule has 0 bridgehead atoms. The van der Waals surface area contributed by atoms with Gasteiger partial charge < -0.3 is 9.72 Å². The molecule has 1 aliphatic heterocycles. The van der Waals surface area contributed by atoms with Crippen molar-refractivity contribution in [2.45, 2.75) is 51.6 Å². The smallest absolute Gasteiger partial charge is 0.253 e. The molecule has 1 atom stereocenters. The lowest BCUT2D eigenvalue weighted by atomic mass is 10.00. The molecule has 2 aliphatic rings. The molecule has 5 rings (SSSR count). The van der Waals surface area contributed by atoms with Crippen LogP contribution in [0.2, 0.25) is 0 Å². The Hall–Kier alpha value is -2.58. The number of fused-ring (bicyclic) bond motifs is 1. The maximum atomic E-state index is 13.3. The highest BCUT2D eigenvalue weighted by molar-refractivity contribution is 5.83. The predicted octanol–water partition coefficient (Wildman–Crippen LogP) is 2.67. The number of aromatic amines is 1. The van der Waals surface area contributed by atoms with Crippen molar-refractivity contribution in [2.24, 2.45) is 0 Å². The second-order valence-electron chi connectivity index (χ2n) is 8.50. The molecule has 1 saturated heterocycles. The van der Waals surface area contributed by atoms with E-state index in [1.165, 1.54) is 18.4 Å². The molecule has 1 aromatic carbocycles. The van der Waals surface area contributed by atoms with E-state index in [0.717, 1.165) is 48.2 Å². The topological polar surface area (TPSA) is 88.9 Å². The molecule has 2 aromatic heterocycles. The summed E-state index contributed by atoms with van der Waals surface area (Å²) in [7, 11) is 0. The third kappa shape index (κ3) is 3.33. The van der Waals surface area contributed by atoms with Crippen molar-refractivity contribution in [1.29, 1.82) is 0 Å². The Balaban J connectivity index is 1.66. The summed E-state index contributed by atoms with van der Waals surface area (Å²) < 4.78 is 7.55. The van der Waals surface area contributed by atoms with Crippen LogP contribution in [0.1, 0.15) is 60.3 Å². The highest BCUT2D eigenvalue weighted by atomic mass is 16.5. The molecule has 2 fully saturated rings. The maximum absolute atomic E-state index is 13.3. The van der Waals surface area contributed by atoms with Crippen LogP contribution < -0.4 is 5.56 Å². The Bertz CT molecular complexity index is 1110. The van der Waals surface area contributed by atoms with Crippen LogP contribution in [0.25, 0.3) is 10.9 Å². The summed E-state index contributed by atoms with van der Waals surface area (Å²) in [5.41, 5.74) is 3.80. The molecule has 8 nitrogen and oxygen atoms in total. The van der Waals surface area contributed by atoms with E-state index in [-0.39, 0.29) is 11.6 Å². The van der Waals surface area contributed by atoms with Crippen molar-refractivity contribution >= 4 is 10.9 Å². The number of aromatic nitrogens is 5. The van der Waals surface area contributed by atoms with Gasteiger partial charge in [-0.15, -0.1) is 5.10 Å². The van der Waals surface area contributed by atoms with E-state index in [1.807, 2.05) is 17.7 Å². The molecular weight excluding hydrogens is 380 g/mol. The van der Waals surface area contributed by atoms with E-state index in [9.17, 15) is 4.79 Å². The van der Waals surface area contributed by atoms with E-state index in [4.69, 9.17) is 4.74 Å². The Morgan fingerprint density at radius 1 is 1.17 bits per heavy atom. The molecular formula is C22H28N6O2. The van der Waals surface area contributed by atoms with Crippen LogP contribution in [-0.4, -0.2) is 56.4 Å². The Morgan fingerprint density at radius 3 is 2.70 bits per heavy atom. The van der Waals surface area contributed by atoms with Gasteiger partial charge in [-0.2, -0.15) is 0 Å². The number of aryl methyl sites for hydroxylation is 2. The molecule has 3 heterocycles.